The normalized spacial score (nSPS) is 11.5. The summed E-state index contributed by atoms with van der Waals surface area (Å²) in [6, 6.07) is 39.7. The van der Waals surface area contributed by atoms with Gasteiger partial charge in [-0.05, 0) is 35.4 Å². The molecule has 3 nitrogen and oxygen atoms in total. The van der Waals surface area contributed by atoms with Gasteiger partial charge < -0.3 is 4.74 Å². The lowest BCUT2D eigenvalue weighted by molar-refractivity contribution is -0.664. The highest BCUT2D eigenvalue weighted by atomic mass is 19.2. The summed E-state index contributed by atoms with van der Waals surface area (Å²) in [4.78, 5) is 13.2. The van der Waals surface area contributed by atoms with Crippen LogP contribution in [-0.4, -0.2) is 12.1 Å². The third-order valence-corrected chi connectivity index (χ3v) is 12.2. The SMILES string of the molecule is Fc1c(F)c(F)c([B-](c2c(F)c(F)c(F)c(F)c2F)(c2c(F)c(F)c(F)c(F)c2F)c2c(F)c(F)c(F)c(F)c2F)c(F)c1F.O=C(Oc1ccc(-c2ccccc2)cc1)c1ccc2ccccc2[n+]1Cc1ccccc1. The molecule has 9 aromatic rings. The molecule has 8 aromatic carbocycles. The van der Waals surface area contributed by atoms with Crippen LogP contribution in [0.4, 0.5) is 87.8 Å². The maximum Gasteiger partial charge on any atom is 0.409 e. The first kappa shape index (κ1) is 54.6. The summed E-state index contributed by atoms with van der Waals surface area (Å²) in [5, 5.41) is 1.08. The molecule has 0 aliphatic carbocycles. The van der Waals surface area contributed by atoms with Crippen LogP contribution >= 0.6 is 0 Å². The van der Waals surface area contributed by atoms with E-state index in [1.54, 1.807) is 0 Å². The molecule has 77 heavy (non-hydrogen) atoms. The first-order valence-corrected chi connectivity index (χ1v) is 21.5. The number of hydrogen-bond acceptors (Lipinski definition) is 2. The highest BCUT2D eigenvalue weighted by Crippen LogP contribution is 2.31. The zero-order valence-electron chi connectivity index (χ0n) is 37.7. The topological polar surface area (TPSA) is 30.2 Å². The highest BCUT2D eigenvalue weighted by Gasteiger charge is 2.52. The zero-order chi connectivity index (χ0) is 56.1. The fourth-order valence-electron chi connectivity index (χ4n) is 8.76. The highest BCUT2D eigenvalue weighted by molar-refractivity contribution is 7.20. The number of carbonyl (C=O) groups is 1. The number of nitrogens with zero attached hydrogens (tertiary/aromatic N) is 1. The van der Waals surface area contributed by atoms with Gasteiger partial charge in [-0.1, -0.05) is 84.9 Å². The van der Waals surface area contributed by atoms with E-state index in [4.69, 9.17) is 4.74 Å². The van der Waals surface area contributed by atoms with E-state index in [2.05, 4.69) is 24.3 Å². The summed E-state index contributed by atoms with van der Waals surface area (Å²) < 4.78 is 302. The predicted octanol–water partition coefficient (Wildman–Crippen LogP) is 11.9. The van der Waals surface area contributed by atoms with E-state index >= 15 is 35.1 Å². The molecule has 0 fully saturated rings. The van der Waals surface area contributed by atoms with Gasteiger partial charge in [0.1, 0.15) is 58.4 Å². The van der Waals surface area contributed by atoms with Crippen LogP contribution in [0.1, 0.15) is 16.1 Å². The number of rotatable bonds is 9. The van der Waals surface area contributed by atoms with Crippen molar-refractivity contribution < 1.29 is 102 Å². The van der Waals surface area contributed by atoms with Crippen LogP contribution in [0.2, 0.25) is 0 Å². The molecule has 0 N–H and O–H groups in total. The van der Waals surface area contributed by atoms with Crippen molar-refractivity contribution in [1.82, 2.24) is 0 Å². The van der Waals surface area contributed by atoms with E-state index in [-0.39, 0.29) is 5.97 Å². The summed E-state index contributed by atoms with van der Waals surface area (Å²) in [6.07, 6.45) is -7.22. The number of hydrogen-bond donors (Lipinski definition) is 0. The molecule has 0 spiro atoms. The maximum absolute atomic E-state index is 15.4. The Morgan fingerprint density at radius 1 is 0.338 bits per heavy atom. The predicted molar refractivity (Wildman–Crippen MR) is 236 cm³/mol. The molecule has 0 amide bonds. The Bertz CT molecular complexity index is 3450. The molecule has 0 saturated carbocycles. The molecule has 1 aromatic heterocycles. The third kappa shape index (κ3) is 9.13. The van der Waals surface area contributed by atoms with E-state index in [1.807, 2.05) is 102 Å². The number of aromatic nitrogens is 1. The van der Waals surface area contributed by atoms with Crippen LogP contribution in [0.15, 0.2) is 121 Å². The Labute approximate surface area is 418 Å². The summed E-state index contributed by atoms with van der Waals surface area (Å²) in [5.41, 5.74) is -9.50. The molecule has 394 valence electrons. The average Bonchev–Trinajstić information content (AvgIpc) is 3.45. The summed E-state index contributed by atoms with van der Waals surface area (Å²) in [5.74, 6) is -71.3. The number of carbonyl (C=O) groups excluding carboxylic acids is 1. The number of halogens is 20. The third-order valence-electron chi connectivity index (χ3n) is 12.2. The molecule has 0 saturated heterocycles. The van der Waals surface area contributed by atoms with E-state index in [0.29, 0.717) is 18.0 Å². The first-order chi connectivity index (χ1) is 36.5. The van der Waals surface area contributed by atoms with Gasteiger partial charge in [0.2, 0.25) is 5.52 Å². The molecule has 0 radical (unpaired) electrons. The Balaban J connectivity index is 0.000000215. The lowest BCUT2D eigenvalue weighted by Gasteiger charge is -2.44. The molecule has 9 rings (SSSR count). The Morgan fingerprint density at radius 2 is 0.649 bits per heavy atom. The van der Waals surface area contributed by atoms with Crippen LogP contribution in [-0.2, 0) is 6.54 Å². The van der Waals surface area contributed by atoms with Crippen LogP contribution < -0.4 is 31.2 Å². The minimum atomic E-state index is -7.22. The van der Waals surface area contributed by atoms with E-state index in [0.717, 1.165) is 27.6 Å². The molecule has 0 aliphatic heterocycles. The van der Waals surface area contributed by atoms with Crippen molar-refractivity contribution >= 4 is 44.9 Å². The standard InChI is InChI=1S/C29H22NO2.C24BF20/c31-29(32-26-18-15-24(16-19-26)23-11-5-2-6-12-23)28-20-17-25-13-7-8-14-27(25)30(28)21-22-9-3-1-4-10-22;26-5-1(6(27)14(35)21(42)13(5)34)25(2-7(28)15(36)22(43)16(37)8(2)29,3-9(30)17(38)23(44)18(39)10(3)31)4-11(32)19(40)24(45)20(41)12(4)33/h1-20H,21H2;/q+1;-1. The number of pyridine rings is 1. The van der Waals surface area contributed by atoms with Gasteiger partial charge in [-0.3, -0.25) is 0 Å². The minimum Gasteiger partial charge on any atom is -0.419 e. The summed E-state index contributed by atoms with van der Waals surface area (Å²) in [6.45, 7) is 0.583. The van der Waals surface area contributed by atoms with E-state index in [9.17, 15) is 57.5 Å². The largest absolute Gasteiger partial charge is 0.419 e. The molecular formula is C53H22BF20NO2. The van der Waals surface area contributed by atoms with Crippen molar-refractivity contribution in [1.29, 1.82) is 0 Å². The number of ether oxygens (including phenoxy) is 1. The van der Waals surface area contributed by atoms with Crippen molar-refractivity contribution in [2.45, 2.75) is 6.54 Å². The summed E-state index contributed by atoms with van der Waals surface area (Å²) in [7, 11) is 0. The average molecular weight is 1100 g/mol. The zero-order valence-corrected chi connectivity index (χ0v) is 37.7. The van der Waals surface area contributed by atoms with Gasteiger partial charge in [0.05, 0.1) is 0 Å². The second-order valence-corrected chi connectivity index (χ2v) is 16.4. The Kier molecular flexibility index (Phi) is 15.0. The second-order valence-electron chi connectivity index (χ2n) is 16.4. The monoisotopic (exact) mass is 1100 g/mol. The van der Waals surface area contributed by atoms with E-state index in [1.165, 1.54) is 0 Å². The fourth-order valence-corrected chi connectivity index (χ4v) is 8.76. The maximum atomic E-state index is 15.4. The Hall–Kier alpha value is -8.70. The van der Waals surface area contributed by atoms with Gasteiger partial charge in [0, 0.05) is 23.1 Å². The summed E-state index contributed by atoms with van der Waals surface area (Å²) >= 11 is 0. The fraction of sp³-hybridized carbons (Fsp3) is 0.0189. The molecule has 24 heteroatoms. The lowest BCUT2D eigenvalue weighted by Crippen LogP contribution is -2.81. The smallest absolute Gasteiger partial charge is 0.409 e. The number of esters is 1. The van der Waals surface area contributed by atoms with Gasteiger partial charge in [-0.2, -0.15) is 4.57 Å². The van der Waals surface area contributed by atoms with Crippen molar-refractivity contribution in [2.75, 3.05) is 0 Å². The number of benzene rings is 8. The van der Waals surface area contributed by atoms with Crippen LogP contribution in [0, 0.1) is 116 Å². The van der Waals surface area contributed by atoms with Crippen LogP contribution in [0.5, 0.6) is 5.75 Å². The Morgan fingerprint density at radius 3 is 1.03 bits per heavy atom. The first-order valence-electron chi connectivity index (χ1n) is 21.5. The van der Waals surface area contributed by atoms with Crippen molar-refractivity contribution in [3.8, 4) is 16.9 Å². The van der Waals surface area contributed by atoms with Crippen LogP contribution in [0.3, 0.4) is 0 Å². The molecule has 0 unspecified atom stereocenters. The van der Waals surface area contributed by atoms with Gasteiger partial charge in [-0.25, -0.2) is 92.6 Å². The molecule has 1 heterocycles. The molecule has 0 bridgehead atoms. The van der Waals surface area contributed by atoms with Gasteiger partial charge in [0.25, 0.3) is 5.69 Å². The molecule has 0 aliphatic rings. The quantitative estimate of drug-likeness (QED) is 0.0274. The minimum absolute atomic E-state index is 0.376. The van der Waals surface area contributed by atoms with Crippen molar-refractivity contribution in [2.24, 2.45) is 0 Å². The van der Waals surface area contributed by atoms with E-state index < -0.39 is 144 Å². The number of fused-ring (bicyclic) bond motifs is 1. The number of para-hydroxylation sites is 1. The molecule has 0 atom stereocenters. The van der Waals surface area contributed by atoms with Gasteiger partial charge in [0.15, 0.2) is 76.4 Å². The second kappa shape index (κ2) is 21.1. The molecular weight excluding hydrogens is 1070 g/mol. The van der Waals surface area contributed by atoms with Gasteiger partial charge >= 0.3 is 5.97 Å². The lowest BCUT2D eigenvalue weighted by atomic mass is 9.12. The van der Waals surface area contributed by atoms with Gasteiger partial charge in [-0.15, -0.1) is 21.9 Å². The van der Waals surface area contributed by atoms with Crippen molar-refractivity contribution in [3.63, 3.8) is 0 Å². The van der Waals surface area contributed by atoms with Crippen LogP contribution in [0.25, 0.3) is 22.0 Å². The van der Waals surface area contributed by atoms with Crippen molar-refractivity contribution in [3.05, 3.63) is 249 Å².